The standard InChI is InChI=1S/C17H16N2OS/c1-12-9-16(21-15(12)7-4-8-18)17(20)19-10-13-5-2-3-6-14(13)11-19/h2-3,5-6,9H,8,10-11,18H2,1H3. The highest BCUT2D eigenvalue weighted by Crippen LogP contribution is 2.27. The number of benzene rings is 1. The smallest absolute Gasteiger partial charge is 0.264 e. The molecular weight excluding hydrogens is 280 g/mol. The highest BCUT2D eigenvalue weighted by atomic mass is 32.1. The van der Waals surface area contributed by atoms with E-state index < -0.39 is 0 Å². The maximum atomic E-state index is 12.6. The van der Waals surface area contributed by atoms with Gasteiger partial charge in [-0.15, -0.1) is 11.3 Å². The minimum Gasteiger partial charge on any atom is -0.329 e. The Morgan fingerprint density at radius 1 is 1.33 bits per heavy atom. The van der Waals surface area contributed by atoms with Crippen molar-refractivity contribution in [2.24, 2.45) is 5.73 Å². The maximum Gasteiger partial charge on any atom is 0.264 e. The molecule has 2 aromatic rings. The minimum atomic E-state index is 0.0834. The first-order chi connectivity index (χ1) is 10.2. The lowest BCUT2D eigenvalue weighted by atomic mass is 10.1. The number of carbonyl (C=O) groups excluding carboxylic acids is 1. The monoisotopic (exact) mass is 296 g/mol. The molecule has 1 aliphatic rings. The second-order valence-corrected chi connectivity index (χ2v) is 6.11. The number of amides is 1. The summed E-state index contributed by atoms with van der Waals surface area (Å²) in [5.41, 5.74) is 8.92. The van der Waals surface area contributed by atoms with E-state index in [-0.39, 0.29) is 5.91 Å². The molecule has 0 saturated carbocycles. The Morgan fingerprint density at radius 3 is 2.62 bits per heavy atom. The van der Waals surface area contributed by atoms with Crippen LogP contribution in [0.15, 0.2) is 30.3 Å². The van der Waals surface area contributed by atoms with E-state index in [1.807, 2.05) is 30.0 Å². The number of nitrogens with two attached hydrogens (primary N) is 1. The van der Waals surface area contributed by atoms with Crippen LogP contribution < -0.4 is 5.73 Å². The zero-order valence-corrected chi connectivity index (χ0v) is 12.7. The molecule has 0 unspecified atom stereocenters. The maximum absolute atomic E-state index is 12.6. The summed E-state index contributed by atoms with van der Waals surface area (Å²) < 4.78 is 0. The summed E-state index contributed by atoms with van der Waals surface area (Å²) in [7, 11) is 0. The molecule has 1 aromatic heterocycles. The van der Waals surface area contributed by atoms with Crippen molar-refractivity contribution in [2.75, 3.05) is 6.54 Å². The van der Waals surface area contributed by atoms with Gasteiger partial charge in [0.1, 0.15) is 0 Å². The molecule has 0 atom stereocenters. The van der Waals surface area contributed by atoms with Crippen molar-refractivity contribution >= 4 is 17.2 Å². The summed E-state index contributed by atoms with van der Waals surface area (Å²) in [6.07, 6.45) is 0. The highest BCUT2D eigenvalue weighted by Gasteiger charge is 2.25. The second-order valence-electron chi connectivity index (χ2n) is 5.06. The van der Waals surface area contributed by atoms with Crippen molar-refractivity contribution in [3.63, 3.8) is 0 Å². The number of nitrogens with zero attached hydrogens (tertiary/aromatic N) is 1. The number of thiophene rings is 1. The molecule has 0 aliphatic carbocycles. The predicted molar refractivity (Wildman–Crippen MR) is 85.0 cm³/mol. The Hall–Kier alpha value is -2.09. The van der Waals surface area contributed by atoms with Crippen molar-refractivity contribution in [1.82, 2.24) is 4.90 Å². The van der Waals surface area contributed by atoms with E-state index in [0.717, 1.165) is 15.3 Å². The van der Waals surface area contributed by atoms with Gasteiger partial charge >= 0.3 is 0 Å². The molecule has 3 rings (SSSR count). The van der Waals surface area contributed by atoms with Crippen LogP contribution in [0.3, 0.4) is 0 Å². The lowest BCUT2D eigenvalue weighted by molar-refractivity contribution is 0.0756. The van der Waals surface area contributed by atoms with Crippen LogP contribution in [0.1, 0.15) is 31.2 Å². The van der Waals surface area contributed by atoms with Gasteiger partial charge in [0.05, 0.1) is 16.3 Å². The first-order valence-corrected chi connectivity index (χ1v) is 7.66. The molecule has 2 N–H and O–H groups in total. The van der Waals surface area contributed by atoms with Crippen LogP contribution in [0.5, 0.6) is 0 Å². The zero-order valence-electron chi connectivity index (χ0n) is 11.8. The van der Waals surface area contributed by atoms with Crippen LogP contribution in [-0.4, -0.2) is 17.4 Å². The normalized spacial score (nSPS) is 12.8. The van der Waals surface area contributed by atoms with Crippen LogP contribution in [0.4, 0.5) is 0 Å². The molecule has 0 radical (unpaired) electrons. The summed E-state index contributed by atoms with van der Waals surface area (Å²) in [6.45, 7) is 3.69. The molecule has 2 heterocycles. The van der Waals surface area contributed by atoms with Gasteiger partial charge in [0.15, 0.2) is 0 Å². The number of rotatable bonds is 1. The third-order valence-corrected chi connectivity index (χ3v) is 4.70. The topological polar surface area (TPSA) is 46.3 Å². The summed E-state index contributed by atoms with van der Waals surface area (Å²) in [5.74, 6) is 5.96. The Labute approximate surface area is 128 Å². The Bertz CT molecular complexity index is 727. The van der Waals surface area contributed by atoms with Crippen LogP contribution in [0, 0.1) is 18.8 Å². The molecule has 1 aliphatic heterocycles. The van der Waals surface area contributed by atoms with Crippen molar-refractivity contribution < 1.29 is 4.79 Å². The fourth-order valence-electron chi connectivity index (χ4n) is 2.48. The molecule has 0 bridgehead atoms. The number of hydrogen-bond acceptors (Lipinski definition) is 3. The lowest BCUT2D eigenvalue weighted by Gasteiger charge is -2.13. The summed E-state index contributed by atoms with van der Waals surface area (Å²) in [5, 5.41) is 0. The van der Waals surface area contributed by atoms with E-state index in [9.17, 15) is 4.79 Å². The average molecular weight is 296 g/mol. The second kappa shape index (κ2) is 5.72. The number of fused-ring (bicyclic) bond motifs is 1. The van der Waals surface area contributed by atoms with Gasteiger partial charge in [-0.25, -0.2) is 0 Å². The van der Waals surface area contributed by atoms with Crippen LogP contribution in [0.25, 0.3) is 0 Å². The molecule has 0 spiro atoms. The molecule has 3 nitrogen and oxygen atoms in total. The van der Waals surface area contributed by atoms with Gasteiger partial charge in [-0.2, -0.15) is 0 Å². The molecule has 0 saturated heterocycles. The highest BCUT2D eigenvalue weighted by molar-refractivity contribution is 7.14. The summed E-state index contributed by atoms with van der Waals surface area (Å²) >= 11 is 1.45. The first kappa shape index (κ1) is 13.9. The summed E-state index contributed by atoms with van der Waals surface area (Å²) in [6, 6.07) is 10.1. The zero-order chi connectivity index (χ0) is 14.8. The van der Waals surface area contributed by atoms with E-state index in [0.29, 0.717) is 19.6 Å². The van der Waals surface area contributed by atoms with Crippen molar-refractivity contribution in [2.45, 2.75) is 20.0 Å². The minimum absolute atomic E-state index is 0.0834. The van der Waals surface area contributed by atoms with E-state index in [1.165, 1.54) is 22.5 Å². The third-order valence-electron chi connectivity index (χ3n) is 3.56. The SMILES string of the molecule is Cc1cc(C(=O)N2Cc3ccccc3C2)sc1C#CCN. The Balaban J connectivity index is 1.81. The molecule has 21 heavy (non-hydrogen) atoms. The molecule has 4 heteroatoms. The average Bonchev–Trinajstić information content (AvgIpc) is 3.08. The Kier molecular flexibility index (Phi) is 3.78. The predicted octanol–water partition coefficient (Wildman–Crippen LogP) is 2.52. The van der Waals surface area contributed by atoms with Crippen LogP contribution in [-0.2, 0) is 13.1 Å². The fourth-order valence-corrected chi connectivity index (χ4v) is 3.49. The fraction of sp³-hybridized carbons (Fsp3) is 0.235. The van der Waals surface area contributed by atoms with Crippen LogP contribution >= 0.6 is 11.3 Å². The van der Waals surface area contributed by atoms with E-state index >= 15 is 0 Å². The number of hydrogen-bond donors (Lipinski definition) is 1. The van der Waals surface area contributed by atoms with Gasteiger partial charge in [-0.05, 0) is 29.7 Å². The van der Waals surface area contributed by atoms with E-state index in [2.05, 4.69) is 24.0 Å². The van der Waals surface area contributed by atoms with E-state index in [4.69, 9.17) is 5.73 Å². The van der Waals surface area contributed by atoms with Gasteiger partial charge in [0, 0.05) is 13.1 Å². The van der Waals surface area contributed by atoms with Gasteiger partial charge < -0.3 is 10.6 Å². The number of aryl methyl sites for hydroxylation is 1. The van der Waals surface area contributed by atoms with Gasteiger partial charge in [-0.3, -0.25) is 4.79 Å². The van der Waals surface area contributed by atoms with Gasteiger partial charge in [0.25, 0.3) is 5.91 Å². The third kappa shape index (κ3) is 2.71. The van der Waals surface area contributed by atoms with Crippen molar-refractivity contribution in [1.29, 1.82) is 0 Å². The molecule has 0 fully saturated rings. The molecule has 1 amide bonds. The van der Waals surface area contributed by atoms with Crippen molar-refractivity contribution in [3.8, 4) is 11.8 Å². The Morgan fingerprint density at radius 2 is 2.00 bits per heavy atom. The lowest BCUT2D eigenvalue weighted by Crippen LogP contribution is -2.24. The molecular formula is C17H16N2OS. The van der Waals surface area contributed by atoms with Crippen LogP contribution in [0.2, 0.25) is 0 Å². The first-order valence-electron chi connectivity index (χ1n) is 6.84. The largest absolute Gasteiger partial charge is 0.329 e. The molecule has 1 aromatic carbocycles. The van der Waals surface area contributed by atoms with E-state index in [1.54, 1.807) is 0 Å². The van der Waals surface area contributed by atoms with Gasteiger partial charge in [0.2, 0.25) is 0 Å². The number of carbonyl (C=O) groups is 1. The van der Waals surface area contributed by atoms with Gasteiger partial charge in [-0.1, -0.05) is 36.1 Å². The van der Waals surface area contributed by atoms with Crippen molar-refractivity contribution in [3.05, 3.63) is 56.8 Å². The quantitative estimate of drug-likeness (QED) is 0.822. The summed E-state index contributed by atoms with van der Waals surface area (Å²) in [4.78, 5) is 16.2. The molecule has 106 valence electrons.